The first kappa shape index (κ1) is 11.2. The van der Waals surface area contributed by atoms with Crippen LogP contribution in [0, 0.1) is 11.8 Å². The fourth-order valence-corrected chi connectivity index (χ4v) is 2.27. The zero-order valence-electron chi connectivity index (χ0n) is 9.64. The van der Waals surface area contributed by atoms with Gasteiger partial charge in [0.1, 0.15) is 0 Å². The van der Waals surface area contributed by atoms with Crippen LogP contribution in [0.4, 0.5) is 0 Å². The smallest absolute Gasteiger partial charge is 0.372 e. The molecule has 0 amide bonds. The minimum Gasteiger partial charge on any atom is -0.475 e. The molecule has 1 fully saturated rings. The molecule has 0 aliphatic carbocycles. The molecule has 1 N–H and O–H groups in total. The summed E-state index contributed by atoms with van der Waals surface area (Å²) in [5.41, 5.74) is 0.772. The number of hydrogen-bond donors (Lipinski definition) is 1. The van der Waals surface area contributed by atoms with Crippen molar-refractivity contribution >= 4 is 5.97 Å². The molecule has 1 saturated heterocycles. The van der Waals surface area contributed by atoms with Crippen molar-refractivity contribution in [2.75, 3.05) is 13.1 Å². The molecule has 1 aliphatic heterocycles. The second-order valence-corrected chi connectivity index (χ2v) is 4.73. The van der Waals surface area contributed by atoms with E-state index in [1.807, 2.05) is 0 Å². The quantitative estimate of drug-likeness (QED) is 0.852. The maximum absolute atomic E-state index is 10.9. The van der Waals surface area contributed by atoms with Gasteiger partial charge in [0.25, 0.3) is 0 Å². The van der Waals surface area contributed by atoms with Crippen LogP contribution in [0.5, 0.6) is 0 Å². The summed E-state index contributed by atoms with van der Waals surface area (Å²) in [6.07, 6.45) is 1.45. The minimum absolute atomic E-state index is 0.0761. The molecule has 2 atom stereocenters. The van der Waals surface area contributed by atoms with Gasteiger partial charge in [-0.1, -0.05) is 13.8 Å². The first-order valence-corrected chi connectivity index (χ1v) is 5.60. The molecule has 0 radical (unpaired) electrons. The number of carboxylic acid groups (broad SMARTS) is 1. The number of furan rings is 1. The maximum atomic E-state index is 10.9. The molecule has 1 aromatic rings. The summed E-state index contributed by atoms with van der Waals surface area (Å²) in [5.74, 6) is 0.452. The van der Waals surface area contributed by atoms with Crippen LogP contribution in [-0.2, 0) is 6.54 Å². The number of hydrogen-bond acceptors (Lipinski definition) is 3. The van der Waals surface area contributed by atoms with Crippen LogP contribution in [0.25, 0.3) is 0 Å². The highest BCUT2D eigenvalue weighted by molar-refractivity contribution is 5.86. The van der Waals surface area contributed by atoms with Gasteiger partial charge in [-0.25, -0.2) is 4.79 Å². The molecule has 1 aliphatic rings. The van der Waals surface area contributed by atoms with Crippen molar-refractivity contribution in [2.45, 2.75) is 20.4 Å². The second kappa shape index (κ2) is 4.29. The predicted molar refractivity (Wildman–Crippen MR) is 59.3 cm³/mol. The lowest BCUT2D eigenvalue weighted by Crippen LogP contribution is -2.21. The molecule has 4 nitrogen and oxygen atoms in total. The number of nitrogens with zero attached hydrogens (tertiary/aromatic N) is 1. The monoisotopic (exact) mass is 223 g/mol. The second-order valence-electron chi connectivity index (χ2n) is 4.73. The van der Waals surface area contributed by atoms with E-state index in [-0.39, 0.29) is 5.76 Å². The third-order valence-electron chi connectivity index (χ3n) is 3.40. The number of aromatic carboxylic acids is 1. The van der Waals surface area contributed by atoms with Crippen LogP contribution in [-0.4, -0.2) is 29.1 Å². The van der Waals surface area contributed by atoms with Gasteiger partial charge in [0.2, 0.25) is 5.76 Å². The molecule has 0 spiro atoms. The zero-order chi connectivity index (χ0) is 11.7. The van der Waals surface area contributed by atoms with Crippen molar-refractivity contribution in [3.8, 4) is 0 Å². The van der Waals surface area contributed by atoms with Crippen molar-refractivity contribution in [3.63, 3.8) is 0 Å². The van der Waals surface area contributed by atoms with Crippen molar-refractivity contribution in [2.24, 2.45) is 11.8 Å². The third-order valence-corrected chi connectivity index (χ3v) is 3.40. The fourth-order valence-electron chi connectivity index (χ4n) is 2.27. The molecule has 2 rings (SSSR count). The molecule has 2 heterocycles. The van der Waals surface area contributed by atoms with Gasteiger partial charge in [-0.05, 0) is 17.9 Å². The van der Waals surface area contributed by atoms with Crippen LogP contribution >= 0.6 is 0 Å². The molecule has 0 aromatic carbocycles. The van der Waals surface area contributed by atoms with Gasteiger partial charge >= 0.3 is 5.97 Å². The predicted octanol–water partition coefficient (Wildman–Crippen LogP) is 2.07. The average Bonchev–Trinajstić information content (AvgIpc) is 2.75. The summed E-state index contributed by atoms with van der Waals surface area (Å²) < 4.78 is 4.96. The van der Waals surface area contributed by atoms with E-state index in [1.54, 1.807) is 6.07 Å². The lowest BCUT2D eigenvalue weighted by atomic mass is 10.0. The van der Waals surface area contributed by atoms with E-state index < -0.39 is 5.97 Å². The summed E-state index contributed by atoms with van der Waals surface area (Å²) in [6, 6.07) is 1.75. The lowest BCUT2D eigenvalue weighted by Gasteiger charge is -2.14. The Bertz CT molecular complexity index is 375. The van der Waals surface area contributed by atoms with E-state index in [0.29, 0.717) is 18.4 Å². The molecular weight excluding hydrogens is 206 g/mol. The van der Waals surface area contributed by atoms with E-state index in [0.717, 1.165) is 18.7 Å². The lowest BCUT2D eigenvalue weighted by molar-refractivity contribution is 0.0659. The highest BCUT2D eigenvalue weighted by Crippen LogP contribution is 2.24. The van der Waals surface area contributed by atoms with E-state index in [1.165, 1.54) is 6.26 Å². The summed E-state index contributed by atoms with van der Waals surface area (Å²) in [5, 5.41) is 8.92. The van der Waals surface area contributed by atoms with E-state index in [2.05, 4.69) is 18.7 Å². The standard InChI is InChI=1S/C12H17NO3/c1-8-5-13(6-9(8)2)7-10-3-4-16-11(10)12(14)15/h3-4,8-9H,5-7H2,1-2H3,(H,14,15). The van der Waals surface area contributed by atoms with Crippen LogP contribution in [0.2, 0.25) is 0 Å². The first-order valence-electron chi connectivity index (χ1n) is 5.60. The van der Waals surface area contributed by atoms with Gasteiger partial charge in [-0.3, -0.25) is 4.90 Å². The Labute approximate surface area is 94.9 Å². The summed E-state index contributed by atoms with van der Waals surface area (Å²) in [7, 11) is 0. The topological polar surface area (TPSA) is 53.7 Å². The van der Waals surface area contributed by atoms with Gasteiger partial charge in [-0.15, -0.1) is 0 Å². The van der Waals surface area contributed by atoms with Crippen LogP contribution in [0.3, 0.4) is 0 Å². The number of carboxylic acids is 1. The Hall–Kier alpha value is -1.29. The van der Waals surface area contributed by atoms with Crippen LogP contribution < -0.4 is 0 Å². The Kier molecular flexibility index (Phi) is 3.01. The Morgan fingerprint density at radius 3 is 2.69 bits per heavy atom. The fraction of sp³-hybridized carbons (Fsp3) is 0.583. The number of likely N-dealkylation sites (tertiary alicyclic amines) is 1. The average molecular weight is 223 g/mol. The van der Waals surface area contributed by atoms with Crippen molar-refractivity contribution in [3.05, 3.63) is 23.7 Å². The molecule has 4 heteroatoms. The molecule has 88 valence electrons. The molecule has 2 unspecified atom stereocenters. The number of rotatable bonds is 3. The highest BCUT2D eigenvalue weighted by Gasteiger charge is 2.27. The Balaban J connectivity index is 2.05. The zero-order valence-corrected chi connectivity index (χ0v) is 9.64. The molecule has 1 aromatic heterocycles. The van der Waals surface area contributed by atoms with Crippen molar-refractivity contribution < 1.29 is 14.3 Å². The van der Waals surface area contributed by atoms with Crippen LogP contribution in [0.1, 0.15) is 30.0 Å². The SMILES string of the molecule is CC1CN(Cc2ccoc2C(=O)O)CC1C. The largest absolute Gasteiger partial charge is 0.475 e. The Morgan fingerprint density at radius 1 is 1.50 bits per heavy atom. The molecular formula is C12H17NO3. The van der Waals surface area contributed by atoms with Gasteiger partial charge in [0, 0.05) is 25.2 Å². The summed E-state index contributed by atoms with van der Waals surface area (Å²) >= 11 is 0. The normalized spacial score (nSPS) is 26.1. The molecule has 16 heavy (non-hydrogen) atoms. The van der Waals surface area contributed by atoms with E-state index in [4.69, 9.17) is 9.52 Å². The van der Waals surface area contributed by atoms with Crippen molar-refractivity contribution in [1.29, 1.82) is 0 Å². The van der Waals surface area contributed by atoms with Gasteiger partial charge in [0.15, 0.2) is 0 Å². The third kappa shape index (κ3) is 2.11. The van der Waals surface area contributed by atoms with Crippen LogP contribution in [0.15, 0.2) is 16.7 Å². The van der Waals surface area contributed by atoms with Gasteiger partial charge < -0.3 is 9.52 Å². The van der Waals surface area contributed by atoms with E-state index in [9.17, 15) is 4.79 Å². The highest BCUT2D eigenvalue weighted by atomic mass is 16.4. The first-order chi connectivity index (χ1) is 7.58. The van der Waals surface area contributed by atoms with Crippen molar-refractivity contribution in [1.82, 2.24) is 4.90 Å². The number of carbonyl (C=O) groups is 1. The summed E-state index contributed by atoms with van der Waals surface area (Å²) in [4.78, 5) is 13.2. The molecule has 0 bridgehead atoms. The summed E-state index contributed by atoms with van der Waals surface area (Å²) in [6.45, 7) is 7.21. The molecule has 0 saturated carbocycles. The maximum Gasteiger partial charge on any atom is 0.372 e. The minimum atomic E-state index is -0.986. The Morgan fingerprint density at radius 2 is 2.12 bits per heavy atom. The van der Waals surface area contributed by atoms with E-state index >= 15 is 0 Å². The van der Waals surface area contributed by atoms with Gasteiger partial charge in [-0.2, -0.15) is 0 Å². The van der Waals surface area contributed by atoms with Gasteiger partial charge in [0.05, 0.1) is 6.26 Å².